The summed E-state index contributed by atoms with van der Waals surface area (Å²) in [7, 11) is 3.36. The molecule has 1 unspecified atom stereocenters. The first-order chi connectivity index (χ1) is 10.3. The molecule has 112 valence electrons. The molecule has 0 saturated carbocycles. The fraction of sp³-hybridized carbons (Fsp3) is 0.333. The molecule has 3 heteroatoms. The van der Waals surface area contributed by atoms with Gasteiger partial charge in [-0.15, -0.1) is 0 Å². The highest BCUT2D eigenvalue weighted by atomic mass is 19.1. The first kappa shape index (κ1) is 15.5. The molecule has 0 aromatic heterocycles. The monoisotopic (exact) mass is 287 g/mol. The Morgan fingerprint density at radius 1 is 1.10 bits per heavy atom. The highest BCUT2D eigenvalue weighted by Crippen LogP contribution is 2.27. The summed E-state index contributed by atoms with van der Waals surface area (Å²) < 4.78 is 19.3. The summed E-state index contributed by atoms with van der Waals surface area (Å²) in [6, 6.07) is 15.7. The van der Waals surface area contributed by atoms with Gasteiger partial charge >= 0.3 is 0 Å². The summed E-state index contributed by atoms with van der Waals surface area (Å²) in [5.41, 5.74) is 1.99. The summed E-state index contributed by atoms with van der Waals surface area (Å²) >= 11 is 0. The molecule has 0 bridgehead atoms. The third-order valence-corrected chi connectivity index (χ3v) is 3.74. The van der Waals surface area contributed by atoms with E-state index < -0.39 is 0 Å². The zero-order valence-electron chi connectivity index (χ0n) is 12.6. The molecule has 1 N–H and O–H groups in total. The molecule has 0 aliphatic rings. The van der Waals surface area contributed by atoms with Gasteiger partial charge in [0.1, 0.15) is 0 Å². The third kappa shape index (κ3) is 4.05. The van der Waals surface area contributed by atoms with E-state index in [4.69, 9.17) is 4.74 Å². The lowest BCUT2D eigenvalue weighted by atomic mass is 9.98. The Morgan fingerprint density at radius 2 is 1.86 bits per heavy atom. The van der Waals surface area contributed by atoms with Crippen molar-refractivity contribution >= 4 is 0 Å². The number of hydrogen-bond acceptors (Lipinski definition) is 2. The van der Waals surface area contributed by atoms with E-state index in [1.54, 1.807) is 6.07 Å². The standard InChI is InChI=1S/C18H22FNO/c1-20-16(12-6-10-14-8-4-3-5-9-14)15-11-7-13-17(21-2)18(15)19/h3-5,7-9,11,13,16,20H,6,10,12H2,1-2H3. The molecule has 1 atom stereocenters. The smallest absolute Gasteiger partial charge is 0.169 e. The molecule has 2 rings (SSSR count). The van der Waals surface area contributed by atoms with Gasteiger partial charge in [0.25, 0.3) is 0 Å². The quantitative estimate of drug-likeness (QED) is 0.827. The number of benzene rings is 2. The van der Waals surface area contributed by atoms with Crippen LogP contribution in [0, 0.1) is 5.82 Å². The molecular formula is C18H22FNO. The van der Waals surface area contributed by atoms with Crippen LogP contribution in [0.25, 0.3) is 0 Å². The van der Waals surface area contributed by atoms with Crippen molar-refractivity contribution in [2.24, 2.45) is 0 Å². The van der Waals surface area contributed by atoms with Crippen LogP contribution >= 0.6 is 0 Å². The number of hydrogen-bond donors (Lipinski definition) is 1. The molecule has 0 saturated heterocycles. The van der Waals surface area contributed by atoms with Gasteiger partial charge in [-0.25, -0.2) is 4.39 Å². The van der Waals surface area contributed by atoms with E-state index in [1.165, 1.54) is 12.7 Å². The predicted molar refractivity (Wildman–Crippen MR) is 84.1 cm³/mol. The Labute approximate surface area is 126 Å². The molecule has 21 heavy (non-hydrogen) atoms. The van der Waals surface area contributed by atoms with Crippen molar-refractivity contribution in [1.29, 1.82) is 0 Å². The Kier molecular flexibility index (Phi) is 5.76. The van der Waals surface area contributed by atoms with Gasteiger partial charge in [0, 0.05) is 11.6 Å². The Hall–Kier alpha value is -1.87. The van der Waals surface area contributed by atoms with E-state index in [9.17, 15) is 4.39 Å². The average Bonchev–Trinajstić information content (AvgIpc) is 2.53. The van der Waals surface area contributed by atoms with Crippen molar-refractivity contribution in [2.75, 3.05) is 14.2 Å². The fourth-order valence-corrected chi connectivity index (χ4v) is 2.56. The molecule has 2 aromatic carbocycles. The SMILES string of the molecule is CNC(CCCc1ccccc1)c1cccc(OC)c1F. The van der Waals surface area contributed by atoms with Crippen LogP contribution in [0.3, 0.4) is 0 Å². The largest absolute Gasteiger partial charge is 0.494 e. The maximum atomic E-state index is 14.3. The molecule has 0 spiro atoms. The topological polar surface area (TPSA) is 21.3 Å². The molecule has 0 fully saturated rings. The van der Waals surface area contributed by atoms with Crippen molar-refractivity contribution in [3.63, 3.8) is 0 Å². The van der Waals surface area contributed by atoms with Crippen LogP contribution < -0.4 is 10.1 Å². The third-order valence-electron chi connectivity index (χ3n) is 3.74. The zero-order valence-corrected chi connectivity index (χ0v) is 12.6. The predicted octanol–water partition coefficient (Wildman–Crippen LogP) is 4.12. The van der Waals surface area contributed by atoms with Crippen LogP contribution in [0.5, 0.6) is 5.75 Å². The second-order valence-electron chi connectivity index (χ2n) is 5.08. The Balaban J connectivity index is 2.00. The van der Waals surface area contributed by atoms with E-state index in [1.807, 2.05) is 37.4 Å². The summed E-state index contributed by atoms with van der Waals surface area (Å²) in [6.07, 6.45) is 2.90. The number of halogens is 1. The van der Waals surface area contributed by atoms with E-state index in [2.05, 4.69) is 17.4 Å². The number of aryl methyl sites for hydroxylation is 1. The summed E-state index contributed by atoms with van der Waals surface area (Å²) in [4.78, 5) is 0. The summed E-state index contributed by atoms with van der Waals surface area (Å²) in [5.74, 6) is 0.0369. The lowest BCUT2D eigenvalue weighted by molar-refractivity contribution is 0.378. The van der Waals surface area contributed by atoms with Crippen LogP contribution in [-0.2, 0) is 6.42 Å². The van der Waals surface area contributed by atoms with Gasteiger partial charge < -0.3 is 10.1 Å². The van der Waals surface area contributed by atoms with Crippen molar-refractivity contribution in [2.45, 2.75) is 25.3 Å². The lowest BCUT2D eigenvalue weighted by Crippen LogP contribution is -2.18. The molecule has 2 aromatic rings. The van der Waals surface area contributed by atoms with E-state index in [-0.39, 0.29) is 11.9 Å². The van der Waals surface area contributed by atoms with Crippen LogP contribution in [0.15, 0.2) is 48.5 Å². The van der Waals surface area contributed by atoms with E-state index >= 15 is 0 Å². The molecular weight excluding hydrogens is 265 g/mol. The summed E-state index contributed by atoms with van der Waals surface area (Å²) in [6.45, 7) is 0. The normalized spacial score (nSPS) is 12.1. The van der Waals surface area contributed by atoms with Crippen molar-refractivity contribution in [3.8, 4) is 5.75 Å². The van der Waals surface area contributed by atoms with Gasteiger partial charge in [0.2, 0.25) is 0 Å². The van der Waals surface area contributed by atoms with E-state index in [0.29, 0.717) is 11.3 Å². The lowest BCUT2D eigenvalue weighted by Gasteiger charge is -2.18. The second kappa shape index (κ2) is 7.79. The highest BCUT2D eigenvalue weighted by Gasteiger charge is 2.16. The van der Waals surface area contributed by atoms with Gasteiger partial charge in [0.15, 0.2) is 11.6 Å². The van der Waals surface area contributed by atoms with Crippen LogP contribution in [0.2, 0.25) is 0 Å². The van der Waals surface area contributed by atoms with Gasteiger partial charge in [-0.3, -0.25) is 0 Å². The molecule has 0 radical (unpaired) electrons. The highest BCUT2D eigenvalue weighted by molar-refractivity contribution is 5.33. The van der Waals surface area contributed by atoms with Crippen molar-refractivity contribution < 1.29 is 9.13 Å². The minimum Gasteiger partial charge on any atom is -0.494 e. The maximum Gasteiger partial charge on any atom is 0.169 e. The Bertz CT molecular complexity index is 556. The van der Waals surface area contributed by atoms with Crippen LogP contribution in [-0.4, -0.2) is 14.2 Å². The number of nitrogens with one attached hydrogen (secondary N) is 1. The maximum absolute atomic E-state index is 14.3. The molecule has 0 amide bonds. The van der Waals surface area contributed by atoms with Gasteiger partial charge in [0.05, 0.1) is 7.11 Å². The molecule has 0 aliphatic heterocycles. The molecule has 0 heterocycles. The fourth-order valence-electron chi connectivity index (χ4n) is 2.56. The van der Waals surface area contributed by atoms with Gasteiger partial charge in [-0.1, -0.05) is 42.5 Å². The number of rotatable bonds is 7. The molecule has 2 nitrogen and oxygen atoms in total. The minimum absolute atomic E-state index is 0.00353. The van der Waals surface area contributed by atoms with Gasteiger partial charge in [-0.2, -0.15) is 0 Å². The van der Waals surface area contributed by atoms with E-state index in [0.717, 1.165) is 19.3 Å². The zero-order chi connectivity index (χ0) is 15.1. The Morgan fingerprint density at radius 3 is 2.52 bits per heavy atom. The van der Waals surface area contributed by atoms with Crippen molar-refractivity contribution in [3.05, 3.63) is 65.5 Å². The van der Waals surface area contributed by atoms with Crippen LogP contribution in [0.4, 0.5) is 4.39 Å². The average molecular weight is 287 g/mol. The molecule has 0 aliphatic carbocycles. The first-order valence-corrected chi connectivity index (χ1v) is 7.30. The first-order valence-electron chi connectivity index (χ1n) is 7.30. The second-order valence-corrected chi connectivity index (χ2v) is 5.08. The number of methoxy groups -OCH3 is 1. The number of ether oxygens (including phenoxy) is 1. The van der Waals surface area contributed by atoms with Gasteiger partial charge in [-0.05, 0) is 37.9 Å². The van der Waals surface area contributed by atoms with Crippen molar-refractivity contribution in [1.82, 2.24) is 5.32 Å². The van der Waals surface area contributed by atoms with Crippen LogP contribution in [0.1, 0.15) is 30.0 Å². The summed E-state index contributed by atoms with van der Waals surface area (Å²) in [5, 5.41) is 3.20. The minimum atomic E-state index is -0.265.